The van der Waals surface area contributed by atoms with Gasteiger partial charge in [-0.1, -0.05) is 61.5 Å². The minimum Gasteiger partial charge on any atom is -0.376 e. The Bertz CT molecular complexity index is 1290. The zero-order valence-electron chi connectivity index (χ0n) is 18.6. The molecule has 0 atom stereocenters. The molecule has 174 valence electrons. The zero-order valence-corrected chi connectivity index (χ0v) is 19.3. The monoisotopic (exact) mass is 481 g/mol. The summed E-state index contributed by atoms with van der Waals surface area (Å²) in [6.07, 6.45) is 3.79. The number of tetrazole rings is 1. The molecule has 4 rings (SSSR count). The van der Waals surface area contributed by atoms with Crippen molar-refractivity contribution < 1.29 is 13.9 Å². The number of rotatable bonds is 6. The number of aliphatic hydroxyl groups is 1. The molecule has 0 aliphatic carbocycles. The van der Waals surface area contributed by atoms with E-state index in [1.165, 1.54) is 36.4 Å². The van der Waals surface area contributed by atoms with Crippen LogP contribution in [0, 0.1) is 11.6 Å². The maximum Gasteiger partial charge on any atom is 0.206 e. The van der Waals surface area contributed by atoms with Gasteiger partial charge in [0.05, 0.1) is 5.03 Å². The second-order valence-corrected chi connectivity index (χ2v) is 8.15. The third-order valence-corrected chi connectivity index (χ3v) is 6.10. The first-order valence-corrected chi connectivity index (χ1v) is 10.9. The van der Waals surface area contributed by atoms with Crippen molar-refractivity contribution in [3.63, 3.8) is 0 Å². The van der Waals surface area contributed by atoms with Crippen molar-refractivity contribution >= 4 is 17.2 Å². The van der Waals surface area contributed by atoms with E-state index in [2.05, 4.69) is 27.2 Å². The number of benzene rings is 2. The molecule has 0 radical (unpaired) electrons. The lowest BCUT2D eigenvalue weighted by atomic mass is 9.76. The fourth-order valence-electron chi connectivity index (χ4n) is 4.11. The molecule has 0 unspecified atom stereocenters. The van der Waals surface area contributed by atoms with Gasteiger partial charge >= 0.3 is 0 Å². The molecule has 0 bridgehead atoms. The number of aromatic nitrogens is 4. The third-order valence-electron chi connectivity index (χ3n) is 5.80. The molecule has 2 N–H and O–H groups in total. The second kappa shape index (κ2) is 9.32. The molecule has 0 spiro atoms. The lowest BCUT2D eigenvalue weighted by molar-refractivity contribution is 0.114. The van der Waals surface area contributed by atoms with E-state index in [1.807, 2.05) is 6.92 Å². The number of aromatic amines is 1. The topological polar surface area (TPSA) is 77.9 Å². The molecule has 0 saturated heterocycles. The van der Waals surface area contributed by atoms with Crippen molar-refractivity contribution in [2.45, 2.75) is 18.9 Å². The van der Waals surface area contributed by atoms with Crippen LogP contribution in [0.3, 0.4) is 0 Å². The highest BCUT2D eigenvalue weighted by Gasteiger charge is 2.41. The van der Waals surface area contributed by atoms with E-state index >= 15 is 8.78 Å². The van der Waals surface area contributed by atoms with Crippen molar-refractivity contribution in [1.82, 2.24) is 25.5 Å². The standard InChI is InChI=1S/C25H22ClF2N5O/c1-4-16(23-13-17(20(26)14-33(23)3)24-29-31-32-30-24)15(2)25(34,18-9-5-7-11-21(18)27)19-10-6-8-12-22(19)28/h5-14,34H,2,4H2,1,3H3,(H,29,30,31,32)/b23-16-. The van der Waals surface area contributed by atoms with Crippen molar-refractivity contribution in [2.24, 2.45) is 0 Å². The minimum atomic E-state index is -2.18. The van der Waals surface area contributed by atoms with Crippen molar-refractivity contribution in [3.8, 4) is 0 Å². The Morgan fingerprint density at radius 1 is 1.12 bits per heavy atom. The van der Waals surface area contributed by atoms with Crippen LogP contribution >= 0.6 is 11.6 Å². The molecule has 0 amide bonds. The molecule has 6 nitrogen and oxygen atoms in total. The van der Waals surface area contributed by atoms with Crippen LogP contribution in [0.15, 0.2) is 89.3 Å². The number of halogens is 3. The summed E-state index contributed by atoms with van der Waals surface area (Å²) >= 11 is 6.42. The minimum absolute atomic E-state index is 0.106. The van der Waals surface area contributed by atoms with Gasteiger partial charge in [-0.25, -0.2) is 8.78 Å². The lowest BCUT2D eigenvalue weighted by Gasteiger charge is -2.35. The highest BCUT2D eigenvalue weighted by molar-refractivity contribution is 6.37. The Morgan fingerprint density at radius 2 is 1.71 bits per heavy atom. The molecular formula is C25H22ClF2N5O. The third kappa shape index (κ3) is 3.95. The largest absolute Gasteiger partial charge is 0.376 e. The molecular weight excluding hydrogens is 460 g/mol. The van der Waals surface area contributed by atoms with Crippen LogP contribution in [-0.4, -0.2) is 37.7 Å². The van der Waals surface area contributed by atoms with Gasteiger partial charge < -0.3 is 10.0 Å². The summed E-state index contributed by atoms with van der Waals surface area (Å²) in [4.78, 5) is 1.75. The van der Waals surface area contributed by atoms with Gasteiger partial charge in [-0.3, -0.25) is 0 Å². The quantitative estimate of drug-likeness (QED) is 0.515. The van der Waals surface area contributed by atoms with Crippen LogP contribution < -0.4 is 0 Å². The van der Waals surface area contributed by atoms with E-state index < -0.39 is 17.2 Å². The number of H-pyrrole nitrogens is 1. The Balaban J connectivity index is 1.96. The van der Waals surface area contributed by atoms with Gasteiger partial charge in [-0.15, -0.1) is 10.2 Å². The van der Waals surface area contributed by atoms with E-state index in [-0.39, 0.29) is 22.5 Å². The summed E-state index contributed by atoms with van der Waals surface area (Å²) < 4.78 is 30.1. The van der Waals surface area contributed by atoms with E-state index in [0.29, 0.717) is 28.3 Å². The Hall–Kier alpha value is -3.62. The Kier molecular flexibility index (Phi) is 6.45. The van der Waals surface area contributed by atoms with Crippen LogP contribution in [0.2, 0.25) is 0 Å². The summed E-state index contributed by atoms with van der Waals surface area (Å²) in [5.41, 5.74) is -0.580. The van der Waals surface area contributed by atoms with Crippen molar-refractivity contribution in [3.05, 3.63) is 118 Å². The molecule has 0 fully saturated rings. The average molecular weight is 482 g/mol. The fraction of sp³-hybridized carbons (Fsp3) is 0.160. The van der Waals surface area contributed by atoms with E-state index in [9.17, 15) is 5.11 Å². The average Bonchev–Trinajstić information content (AvgIpc) is 3.35. The summed E-state index contributed by atoms with van der Waals surface area (Å²) in [6.45, 7) is 6.02. The number of hydrogen-bond acceptors (Lipinski definition) is 5. The van der Waals surface area contributed by atoms with Gasteiger partial charge in [0.25, 0.3) is 0 Å². The maximum atomic E-state index is 15.0. The summed E-state index contributed by atoms with van der Waals surface area (Å²) in [5, 5.41) is 26.4. The van der Waals surface area contributed by atoms with Gasteiger partial charge in [0.2, 0.25) is 5.82 Å². The molecule has 34 heavy (non-hydrogen) atoms. The van der Waals surface area contributed by atoms with Gasteiger partial charge in [-0.05, 0) is 41.0 Å². The van der Waals surface area contributed by atoms with Crippen molar-refractivity contribution in [2.75, 3.05) is 7.05 Å². The SMILES string of the molecule is C=C(/C(CC)=C1/C=C(c2nn[nH]n2)C(Cl)=CN1C)C(O)(c1ccccc1F)c1ccccc1F. The molecule has 1 aliphatic heterocycles. The first-order chi connectivity index (χ1) is 16.3. The van der Waals surface area contributed by atoms with Crippen LogP contribution in [0.1, 0.15) is 30.3 Å². The first-order valence-electron chi connectivity index (χ1n) is 10.5. The lowest BCUT2D eigenvalue weighted by Crippen LogP contribution is -2.33. The number of nitrogens with one attached hydrogen (secondary N) is 1. The van der Waals surface area contributed by atoms with E-state index in [1.54, 1.807) is 36.4 Å². The fourth-order valence-corrected chi connectivity index (χ4v) is 4.40. The summed E-state index contributed by atoms with van der Waals surface area (Å²) in [5.74, 6) is -1.08. The maximum absolute atomic E-state index is 15.0. The molecule has 9 heteroatoms. The predicted molar refractivity (Wildman–Crippen MR) is 126 cm³/mol. The first kappa shape index (κ1) is 23.5. The highest BCUT2D eigenvalue weighted by atomic mass is 35.5. The molecule has 1 aliphatic rings. The number of likely N-dealkylation sites (N-methyl/N-ethyl adjacent to an activating group) is 1. The van der Waals surface area contributed by atoms with Crippen molar-refractivity contribution in [1.29, 1.82) is 0 Å². The number of nitrogens with zero attached hydrogens (tertiary/aromatic N) is 4. The molecule has 1 aromatic heterocycles. The van der Waals surface area contributed by atoms with Gasteiger partial charge in [-0.2, -0.15) is 5.21 Å². The number of hydrogen-bond donors (Lipinski definition) is 2. The number of allylic oxidation sites excluding steroid dienone is 3. The smallest absolute Gasteiger partial charge is 0.206 e. The summed E-state index contributed by atoms with van der Waals surface area (Å²) in [7, 11) is 1.77. The van der Waals surface area contributed by atoms with Crippen LogP contribution in [0.5, 0.6) is 0 Å². The molecule has 2 aromatic carbocycles. The van der Waals surface area contributed by atoms with E-state index in [4.69, 9.17) is 11.6 Å². The zero-order chi connectivity index (χ0) is 24.5. The van der Waals surface area contributed by atoms with Crippen LogP contribution in [0.4, 0.5) is 8.78 Å². The van der Waals surface area contributed by atoms with Crippen LogP contribution in [-0.2, 0) is 5.60 Å². The summed E-state index contributed by atoms with van der Waals surface area (Å²) in [6, 6.07) is 11.5. The van der Waals surface area contributed by atoms with Crippen LogP contribution in [0.25, 0.3) is 5.57 Å². The van der Waals surface area contributed by atoms with Gasteiger partial charge in [0.15, 0.2) is 0 Å². The molecule has 0 saturated carbocycles. The van der Waals surface area contributed by atoms with E-state index in [0.717, 1.165) is 0 Å². The molecule has 3 aromatic rings. The van der Waals surface area contributed by atoms with Gasteiger partial charge in [0, 0.05) is 35.6 Å². The normalized spacial score (nSPS) is 15.6. The second-order valence-electron chi connectivity index (χ2n) is 7.75. The van der Waals surface area contributed by atoms with Gasteiger partial charge in [0.1, 0.15) is 17.2 Å². The Labute approximate surface area is 200 Å². The predicted octanol–water partition coefficient (Wildman–Crippen LogP) is 5.04. The highest BCUT2D eigenvalue weighted by Crippen LogP contribution is 2.44. The molecule has 2 heterocycles. The Morgan fingerprint density at radius 3 is 2.21 bits per heavy atom.